The van der Waals surface area contributed by atoms with Crippen LogP contribution in [-0.2, 0) is 12.8 Å². The number of benzene rings is 2. The number of rotatable bonds is 7. The van der Waals surface area contributed by atoms with Crippen LogP contribution in [-0.4, -0.2) is 0 Å². The molecule has 2 aliphatic rings. The molecule has 0 bridgehead atoms. The van der Waals surface area contributed by atoms with Crippen LogP contribution in [0.5, 0.6) is 0 Å². The Kier molecular flexibility index (Phi) is 8.43. The molecule has 180 valence electrons. The molecule has 4 heteroatoms. The summed E-state index contributed by atoms with van der Waals surface area (Å²) in [5, 5.41) is -0.493. The van der Waals surface area contributed by atoms with Gasteiger partial charge in [0.1, 0.15) is 22.5 Å². The molecule has 0 spiro atoms. The van der Waals surface area contributed by atoms with E-state index in [1.807, 2.05) is 6.07 Å². The first kappa shape index (κ1) is 24.6. The highest BCUT2D eigenvalue weighted by atomic mass is 35.5. The smallest absolute Gasteiger partial charge is 0.145 e. The average Bonchev–Trinajstić information content (AvgIpc) is 2.81. The SMILES string of the molecule is C[C@H]1CC[C@H](CCC2CCC(c3ccc(CCc4cc(F)c(Cl)c(F)c4)c(F)c3)CC2)CC1. The normalized spacial score (nSPS) is 25.8. The van der Waals surface area contributed by atoms with Crippen molar-refractivity contribution >= 4 is 11.6 Å². The quantitative estimate of drug-likeness (QED) is 0.349. The Labute approximate surface area is 201 Å². The Morgan fingerprint density at radius 3 is 1.88 bits per heavy atom. The van der Waals surface area contributed by atoms with Crippen LogP contribution in [0.15, 0.2) is 30.3 Å². The Morgan fingerprint density at radius 2 is 1.30 bits per heavy atom. The molecule has 0 unspecified atom stereocenters. The molecule has 0 radical (unpaired) electrons. The van der Waals surface area contributed by atoms with Crippen molar-refractivity contribution in [1.29, 1.82) is 0 Å². The standard InChI is InChI=1S/C29H36ClF3/c1-19-2-4-20(5-3-19)6-7-21-8-11-23(12-9-21)25-15-14-24(26(31)18-25)13-10-22-16-27(32)29(30)28(33)17-22/h14-21,23H,2-13H2,1H3/t19-,20-,21?,23?. The van der Waals surface area contributed by atoms with Crippen molar-refractivity contribution in [2.24, 2.45) is 17.8 Å². The molecule has 0 heterocycles. The highest BCUT2D eigenvalue weighted by Crippen LogP contribution is 2.40. The molecule has 2 fully saturated rings. The van der Waals surface area contributed by atoms with Crippen LogP contribution in [0.4, 0.5) is 13.2 Å². The van der Waals surface area contributed by atoms with E-state index in [4.69, 9.17) is 11.6 Å². The largest absolute Gasteiger partial charge is 0.207 e. The summed E-state index contributed by atoms with van der Waals surface area (Å²) < 4.78 is 42.1. The monoisotopic (exact) mass is 476 g/mol. The van der Waals surface area contributed by atoms with E-state index < -0.39 is 16.7 Å². The Morgan fingerprint density at radius 1 is 0.727 bits per heavy atom. The van der Waals surface area contributed by atoms with Gasteiger partial charge in [-0.2, -0.15) is 0 Å². The lowest BCUT2D eigenvalue weighted by atomic mass is 9.74. The fraction of sp³-hybridized carbons (Fsp3) is 0.586. The van der Waals surface area contributed by atoms with Gasteiger partial charge in [-0.05, 0) is 97.1 Å². The Bertz CT molecular complexity index is 901. The van der Waals surface area contributed by atoms with Crippen molar-refractivity contribution in [1.82, 2.24) is 0 Å². The first-order valence-electron chi connectivity index (χ1n) is 12.8. The van der Waals surface area contributed by atoms with Crippen LogP contribution >= 0.6 is 11.6 Å². The van der Waals surface area contributed by atoms with Gasteiger partial charge in [-0.1, -0.05) is 69.2 Å². The van der Waals surface area contributed by atoms with Gasteiger partial charge in [0.15, 0.2) is 0 Å². The van der Waals surface area contributed by atoms with E-state index >= 15 is 0 Å². The molecule has 0 N–H and O–H groups in total. The first-order valence-corrected chi connectivity index (χ1v) is 13.2. The van der Waals surface area contributed by atoms with Gasteiger partial charge < -0.3 is 0 Å². The molecule has 2 aromatic carbocycles. The second-order valence-corrected chi connectivity index (χ2v) is 11.0. The van der Waals surface area contributed by atoms with Gasteiger partial charge in [-0.15, -0.1) is 0 Å². The fourth-order valence-corrected chi connectivity index (χ4v) is 6.03. The summed E-state index contributed by atoms with van der Waals surface area (Å²) in [5.74, 6) is 1.40. The number of hydrogen-bond donors (Lipinski definition) is 0. The molecule has 0 amide bonds. The van der Waals surface area contributed by atoms with Gasteiger partial charge >= 0.3 is 0 Å². The Balaban J connectivity index is 1.25. The zero-order valence-electron chi connectivity index (χ0n) is 19.7. The highest BCUT2D eigenvalue weighted by Gasteiger charge is 2.25. The molecule has 4 rings (SSSR count). The second kappa shape index (κ2) is 11.3. The maximum Gasteiger partial charge on any atom is 0.145 e. The molecule has 0 aliphatic heterocycles. The average molecular weight is 477 g/mol. The van der Waals surface area contributed by atoms with Crippen LogP contribution in [0, 0.1) is 35.2 Å². The minimum Gasteiger partial charge on any atom is -0.207 e. The summed E-state index contributed by atoms with van der Waals surface area (Å²) in [6.45, 7) is 2.38. The highest BCUT2D eigenvalue weighted by molar-refractivity contribution is 6.30. The molecular weight excluding hydrogens is 441 g/mol. The molecule has 0 saturated heterocycles. The third-order valence-corrected chi connectivity index (χ3v) is 8.60. The summed E-state index contributed by atoms with van der Waals surface area (Å²) in [4.78, 5) is 0. The van der Waals surface area contributed by atoms with E-state index in [2.05, 4.69) is 13.0 Å². The minimum atomic E-state index is -0.772. The van der Waals surface area contributed by atoms with E-state index in [0.29, 0.717) is 29.9 Å². The number of halogens is 4. The predicted molar refractivity (Wildman–Crippen MR) is 130 cm³/mol. The van der Waals surface area contributed by atoms with Crippen LogP contribution in [0.1, 0.15) is 93.7 Å². The molecular formula is C29H36ClF3. The van der Waals surface area contributed by atoms with Gasteiger partial charge in [0.25, 0.3) is 0 Å². The minimum absolute atomic E-state index is 0.212. The van der Waals surface area contributed by atoms with Crippen molar-refractivity contribution in [2.75, 3.05) is 0 Å². The fourth-order valence-electron chi connectivity index (χ4n) is 5.93. The van der Waals surface area contributed by atoms with Crippen LogP contribution < -0.4 is 0 Å². The third kappa shape index (κ3) is 6.56. The van der Waals surface area contributed by atoms with Crippen molar-refractivity contribution in [3.8, 4) is 0 Å². The van der Waals surface area contributed by atoms with E-state index in [0.717, 1.165) is 36.2 Å². The van der Waals surface area contributed by atoms with Crippen molar-refractivity contribution in [3.05, 3.63) is 69.5 Å². The maximum absolute atomic E-state index is 14.8. The van der Waals surface area contributed by atoms with Crippen LogP contribution in [0.25, 0.3) is 0 Å². The van der Waals surface area contributed by atoms with Gasteiger partial charge in [-0.3, -0.25) is 0 Å². The van der Waals surface area contributed by atoms with Gasteiger partial charge in [0.05, 0.1) is 0 Å². The summed E-state index contributed by atoms with van der Waals surface area (Å²) in [5.41, 5.74) is 2.17. The lowest BCUT2D eigenvalue weighted by Crippen LogP contribution is -2.17. The first-order chi connectivity index (χ1) is 15.9. The van der Waals surface area contributed by atoms with Crippen molar-refractivity contribution in [2.45, 2.75) is 89.9 Å². The number of aryl methyl sites for hydroxylation is 2. The topological polar surface area (TPSA) is 0 Å². The second-order valence-electron chi connectivity index (χ2n) is 10.6. The molecule has 33 heavy (non-hydrogen) atoms. The summed E-state index contributed by atoms with van der Waals surface area (Å²) in [6, 6.07) is 8.04. The molecule has 2 aromatic rings. The maximum atomic E-state index is 14.8. The van der Waals surface area contributed by atoms with E-state index in [9.17, 15) is 13.2 Å². The zero-order valence-corrected chi connectivity index (χ0v) is 20.4. The Hall–Kier alpha value is -1.48. The van der Waals surface area contributed by atoms with Crippen molar-refractivity contribution in [3.63, 3.8) is 0 Å². The molecule has 0 aromatic heterocycles. The molecule has 0 nitrogen and oxygen atoms in total. The molecule has 2 saturated carbocycles. The summed E-state index contributed by atoms with van der Waals surface area (Å²) in [6.07, 6.45) is 14.0. The van der Waals surface area contributed by atoms with Crippen LogP contribution in [0.3, 0.4) is 0 Å². The van der Waals surface area contributed by atoms with E-state index in [1.54, 1.807) is 6.07 Å². The summed E-state index contributed by atoms with van der Waals surface area (Å²) in [7, 11) is 0. The lowest BCUT2D eigenvalue weighted by Gasteiger charge is -2.31. The predicted octanol–water partition coefficient (Wildman–Crippen LogP) is 9.42. The van der Waals surface area contributed by atoms with Gasteiger partial charge in [-0.25, -0.2) is 13.2 Å². The molecule has 0 atom stereocenters. The van der Waals surface area contributed by atoms with Gasteiger partial charge in [0.2, 0.25) is 0 Å². The van der Waals surface area contributed by atoms with E-state index in [1.165, 1.54) is 63.5 Å². The van der Waals surface area contributed by atoms with Gasteiger partial charge in [0, 0.05) is 0 Å². The third-order valence-electron chi connectivity index (χ3n) is 8.24. The number of hydrogen-bond acceptors (Lipinski definition) is 0. The van der Waals surface area contributed by atoms with Crippen LogP contribution in [0.2, 0.25) is 5.02 Å². The van der Waals surface area contributed by atoms with E-state index in [-0.39, 0.29) is 5.82 Å². The lowest BCUT2D eigenvalue weighted by molar-refractivity contribution is 0.237. The zero-order chi connectivity index (χ0) is 23.4. The summed E-state index contributed by atoms with van der Waals surface area (Å²) >= 11 is 5.54. The van der Waals surface area contributed by atoms with Crippen molar-refractivity contribution < 1.29 is 13.2 Å². The molecule has 2 aliphatic carbocycles.